The Morgan fingerprint density at radius 1 is 1.32 bits per heavy atom. The van der Waals surface area contributed by atoms with Crippen LogP contribution < -0.4 is 5.32 Å². The molecule has 0 saturated heterocycles. The van der Waals surface area contributed by atoms with Gasteiger partial charge in [0.15, 0.2) is 0 Å². The fourth-order valence-electron chi connectivity index (χ4n) is 3.46. The molecule has 19 heavy (non-hydrogen) atoms. The van der Waals surface area contributed by atoms with Crippen LogP contribution in [0.1, 0.15) is 45.9 Å². The zero-order valence-corrected chi connectivity index (χ0v) is 12.7. The monoisotopic (exact) mass is 263 g/mol. The summed E-state index contributed by atoms with van der Waals surface area (Å²) in [6, 6.07) is 0. The van der Waals surface area contributed by atoms with Gasteiger partial charge in [-0.1, -0.05) is 20.3 Å². The van der Waals surface area contributed by atoms with E-state index in [2.05, 4.69) is 41.8 Å². The van der Waals surface area contributed by atoms with E-state index >= 15 is 0 Å². The Morgan fingerprint density at radius 3 is 2.89 bits per heavy atom. The van der Waals surface area contributed by atoms with E-state index in [-0.39, 0.29) is 0 Å². The van der Waals surface area contributed by atoms with Gasteiger partial charge in [0.25, 0.3) is 0 Å². The molecule has 3 atom stereocenters. The molecule has 0 aliphatic heterocycles. The van der Waals surface area contributed by atoms with Crippen LogP contribution in [0, 0.1) is 17.8 Å². The molecule has 1 aromatic rings. The zero-order chi connectivity index (χ0) is 13.7. The molecule has 1 saturated carbocycles. The lowest BCUT2D eigenvalue weighted by molar-refractivity contribution is 0.181. The molecule has 0 spiro atoms. The van der Waals surface area contributed by atoms with Gasteiger partial charge in [-0.15, -0.1) is 0 Å². The molecule has 1 fully saturated rings. The summed E-state index contributed by atoms with van der Waals surface area (Å²) in [7, 11) is 0. The van der Waals surface area contributed by atoms with Crippen molar-refractivity contribution in [1.82, 2.24) is 14.9 Å². The maximum absolute atomic E-state index is 4.56. The summed E-state index contributed by atoms with van der Waals surface area (Å²) in [6.45, 7) is 10.1. The Bertz CT molecular complexity index is 370. The first kappa shape index (κ1) is 14.6. The van der Waals surface area contributed by atoms with Crippen molar-refractivity contribution in [3.05, 3.63) is 18.2 Å². The molecule has 0 aromatic carbocycles. The molecule has 108 valence electrons. The Labute approximate surface area is 117 Å². The maximum atomic E-state index is 4.56. The number of aromatic nitrogens is 2. The van der Waals surface area contributed by atoms with E-state index in [1.807, 2.05) is 6.20 Å². The highest BCUT2D eigenvalue weighted by atomic mass is 15.1. The number of hydrogen-bond donors (Lipinski definition) is 1. The van der Waals surface area contributed by atoms with E-state index in [0.717, 1.165) is 37.3 Å². The Balaban J connectivity index is 2.00. The molecule has 1 aliphatic rings. The third-order valence-electron chi connectivity index (χ3n) is 4.65. The van der Waals surface area contributed by atoms with E-state index in [4.69, 9.17) is 0 Å². The first-order valence-electron chi connectivity index (χ1n) is 7.95. The van der Waals surface area contributed by atoms with Crippen molar-refractivity contribution >= 4 is 0 Å². The van der Waals surface area contributed by atoms with Gasteiger partial charge in [-0.05, 0) is 50.6 Å². The molecule has 3 heteroatoms. The van der Waals surface area contributed by atoms with Crippen LogP contribution in [0.3, 0.4) is 0 Å². The normalized spacial score (nSPS) is 27.6. The summed E-state index contributed by atoms with van der Waals surface area (Å²) >= 11 is 0. The van der Waals surface area contributed by atoms with Gasteiger partial charge in [-0.2, -0.15) is 0 Å². The number of imidazole rings is 1. The Kier molecular flexibility index (Phi) is 5.44. The second-order valence-corrected chi connectivity index (χ2v) is 6.08. The lowest BCUT2D eigenvalue weighted by Crippen LogP contribution is -2.34. The van der Waals surface area contributed by atoms with Crippen molar-refractivity contribution in [3.63, 3.8) is 0 Å². The lowest BCUT2D eigenvalue weighted by atomic mass is 9.73. The molecule has 3 unspecified atom stereocenters. The fraction of sp³-hybridized carbons (Fsp3) is 0.812. The van der Waals surface area contributed by atoms with Crippen LogP contribution in [-0.4, -0.2) is 22.6 Å². The van der Waals surface area contributed by atoms with Crippen molar-refractivity contribution in [2.75, 3.05) is 13.1 Å². The molecule has 2 rings (SSSR count). The first-order chi connectivity index (χ1) is 9.24. The quantitative estimate of drug-likeness (QED) is 0.854. The second kappa shape index (κ2) is 7.09. The third kappa shape index (κ3) is 3.82. The van der Waals surface area contributed by atoms with E-state index in [1.54, 1.807) is 0 Å². The summed E-state index contributed by atoms with van der Waals surface area (Å²) in [6.07, 6.45) is 9.36. The summed E-state index contributed by atoms with van der Waals surface area (Å²) in [5, 5.41) is 3.54. The minimum atomic E-state index is 0.801. The van der Waals surface area contributed by atoms with Crippen molar-refractivity contribution in [2.45, 2.75) is 53.0 Å². The minimum absolute atomic E-state index is 0.801. The molecule has 1 N–H and O–H groups in total. The molecule has 1 heterocycles. The van der Waals surface area contributed by atoms with Crippen LogP contribution in [0.25, 0.3) is 0 Å². The molecule has 3 nitrogen and oxygen atoms in total. The minimum Gasteiger partial charge on any atom is -0.335 e. The predicted molar refractivity (Wildman–Crippen MR) is 80.1 cm³/mol. The molecule has 0 radical (unpaired) electrons. The highest BCUT2D eigenvalue weighted by Gasteiger charge is 2.29. The molecular formula is C16H29N3. The molecule has 1 aromatic heterocycles. The van der Waals surface area contributed by atoms with Crippen molar-refractivity contribution in [2.24, 2.45) is 17.8 Å². The molecule has 1 aliphatic carbocycles. The van der Waals surface area contributed by atoms with Crippen molar-refractivity contribution in [3.8, 4) is 0 Å². The van der Waals surface area contributed by atoms with Crippen LogP contribution in [0.15, 0.2) is 12.4 Å². The summed E-state index contributed by atoms with van der Waals surface area (Å²) < 4.78 is 2.30. The average molecular weight is 263 g/mol. The fourth-order valence-corrected chi connectivity index (χ4v) is 3.46. The Morgan fingerprint density at radius 2 is 2.16 bits per heavy atom. The van der Waals surface area contributed by atoms with Crippen molar-refractivity contribution < 1.29 is 0 Å². The van der Waals surface area contributed by atoms with Crippen molar-refractivity contribution in [1.29, 1.82) is 0 Å². The second-order valence-electron chi connectivity index (χ2n) is 6.08. The van der Waals surface area contributed by atoms with Gasteiger partial charge in [-0.3, -0.25) is 0 Å². The van der Waals surface area contributed by atoms with Crippen LogP contribution in [0.2, 0.25) is 0 Å². The van der Waals surface area contributed by atoms with Gasteiger partial charge in [-0.25, -0.2) is 4.98 Å². The zero-order valence-electron chi connectivity index (χ0n) is 12.7. The standard InChI is InChI=1S/C16H29N3/c1-4-17-12-14-7-6-13(3)10-15(14)11-16-18-8-9-19(16)5-2/h8-9,13-15,17H,4-7,10-12H2,1-3H3. The number of hydrogen-bond acceptors (Lipinski definition) is 2. The SMILES string of the molecule is CCNCC1CCC(C)CC1Cc1nccn1CC. The topological polar surface area (TPSA) is 29.9 Å². The highest BCUT2D eigenvalue weighted by Crippen LogP contribution is 2.35. The summed E-state index contributed by atoms with van der Waals surface area (Å²) in [5.41, 5.74) is 0. The summed E-state index contributed by atoms with van der Waals surface area (Å²) in [5.74, 6) is 3.80. The van der Waals surface area contributed by atoms with E-state index < -0.39 is 0 Å². The maximum Gasteiger partial charge on any atom is 0.108 e. The predicted octanol–water partition coefficient (Wildman–Crippen LogP) is 3.11. The first-order valence-corrected chi connectivity index (χ1v) is 7.95. The van der Waals surface area contributed by atoms with Crippen LogP contribution >= 0.6 is 0 Å². The highest BCUT2D eigenvalue weighted by molar-refractivity contribution is 4.96. The number of nitrogens with one attached hydrogen (secondary N) is 1. The lowest BCUT2D eigenvalue weighted by Gasteiger charge is -2.35. The van der Waals surface area contributed by atoms with E-state index in [1.165, 1.54) is 31.6 Å². The van der Waals surface area contributed by atoms with E-state index in [0.29, 0.717) is 0 Å². The third-order valence-corrected chi connectivity index (χ3v) is 4.65. The van der Waals surface area contributed by atoms with Gasteiger partial charge < -0.3 is 9.88 Å². The van der Waals surface area contributed by atoms with Gasteiger partial charge in [0, 0.05) is 25.4 Å². The molecular weight excluding hydrogens is 234 g/mol. The van der Waals surface area contributed by atoms with Gasteiger partial charge in [0.2, 0.25) is 0 Å². The van der Waals surface area contributed by atoms with Crippen LogP contribution in [-0.2, 0) is 13.0 Å². The Hall–Kier alpha value is -0.830. The van der Waals surface area contributed by atoms with Gasteiger partial charge in [0.1, 0.15) is 5.82 Å². The molecule has 0 amide bonds. The smallest absolute Gasteiger partial charge is 0.108 e. The average Bonchev–Trinajstić information content (AvgIpc) is 2.85. The van der Waals surface area contributed by atoms with Crippen LogP contribution in [0.4, 0.5) is 0 Å². The van der Waals surface area contributed by atoms with Crippen LogP contribution in [0.5, 0.6) is 0 Å². The molecule has 0 bridgehead atoms. The number of rotatable bonds is 6. The van der Waals surface area contributed by atoms with Gasteiger partial charge >= 0.3 is 0 Å². The largest absolute Gasteiger partial charge is 0.335 e. The number of nitrogens with zero attached hydrogens (tertiary/aromatic N) is 2. The summed E-state index contributed by atoms with van der Waals surface area (Å²) in [4.78, 5) is 4.56. The number of aryl methyl sites for hydroxylation is 1. The van der Waals surface area contributed by atoms with Gasteiger partial charge in [0.05, 0.1) is 0 Å². The van der Waals surface area contributed by atoms with E-state index in [9.17, 15) is 0 Å².